The largest absolute Gasteiger partial charge is 0.401 e. The minimum absolute atomic E-state index is 0.0551. The van der Waals surface area contributed by atoms with Gasteiger partial charge in [0.1, 0.15) is 11.5 Å². The maximum Gasteiger partial charge on any atom is 0.322 e. The molecule has 0 atom stereocenters. The van der Waals surface area contributed by atoms with Crippen molar-refractivity contribution in [3.63, 3.8) is 0 Å². The summed E-state index contributed by atoms with van der Waals surface area (Å²) in [5.41, 5.74) is 1.52. The van der Waals surface area contributed by atoms with E-state index in [2.05, 4.69) is 20.6 Å². The Morgan fingerprint density at radius 2 is 2.08 bits per heavy atom. The van der Waals surface area contributed by atoms with Gasteiger partial charge in [-0.05, 0) is 49.4 Å². The fourth-order valence-electron chi connectivity index (χ4n) is 2.18. The summed E-state index contributed by atoms with van der Waals surface area (Å²) in [4.78, 5) is 12.9. The Kier molecular flexibility index (Phi) is 5.67. The van der Waals surface area contributed by atoms with Crippen LogP contribution in [0.4, 0.5) is 10.4 Å². The molecule has 7 nitrogen and oxygen atoms in total. The van der Waals surface area contributed by atoms with Crippen LogP contribution in [0.3, 0.4) is 0 Å². The molecule has 136 valence electrons. The number of carbonyl (C=O) groups excluding carboxylic acids is 1. The molecule has 0 bridgehead atoms. The number of hydrogen-bond donors (Lipinski definition) is 1. The van der Waals surface area contributed by atoms with Gasteiger partial charge >= 0.3 is 6.01 Å². The summed E-state index contributed by atoms with van der Waals surface area (Å²) in [7, 11) is 1.82. The molecule has 0 saturated heterocycles. The summed E-state index contributed by atoms with van der Waals surface area (Å²) in [6, 6.07) is 8.17. The van der Waals surface area contributed by atoms with Gasteiger partial charge in [-0.15, -0.1) is 16.9 Å². The molecule has 0 spiro atoms. The van der Waals surface area contributed by atoms with Gasteiger partial charge in [0, 0.05) is 24.1 Å². The van der Waals surface area contributed by atoms with Crippen LogP contribution in [0.15, 0.2) is 39.6 Å². The van der Waals surface area contributed by atoms with Crippen molar-refractivity contribution in [3.8, 4) is 11.6 Å². The summed E-state index contributed by atoms with van der Waals surface area (Å²) < 4.78 is 20.0. The number of nitrogens with zero attached hydrogens (tertiary/aromatic N) is 4. The van der Waals surface area contributed by atoms with Gasteiger partial charge in [-0.2, -0.15) is 5.10 Å². The minimum Gasteiger partial charge on any atom is -0.401 e. The monoisotopic (exact) mass is 375 g/mol. The van der Waals surface area contributed by atoms with E-state index in [-0.39, 0.29) is 23.6 Å². The van der Waals surface area contributed by atoms with E-state index in [1.807, 2.05) is 20.0 Å². The Bertz CT molecular complexity index is 871. The Labute approximate surface area is 154 Å². The van der Waals surface area contributed by atoms with Gasteiger partial charge in [-0.1, -0.05) is 5.10 Å². The molecule has 0 aliphatic carbocycles. The zero-order valence-corrected chi connectivity index (χ0v) is 15.2. The van der Waals surface area contributed by atoms with Crippen LogP contribution in [0, 0.1) is 12.7 Å². The smallest absolute Gasteiger partial charge is 0.322 e. The molecule has 3 aromatic rings. The van der Waals surface area contributed by atoms with E-state index < -0.39 is 0 Å². The Balaban J connectivity index is 1.44. The standard InChI is InChI=1S/C17H18FN5O2S/c1-11-10-14(22-23(11)2)16-20-21-17(25-16)19-15(24)4-3-9-26-13-7-5-12(18)6-8-13/h5-8,10H,3-4,9H2,1-2H3,(H,19,21,24). The highest BCUT2D eigenvalue weighted by molar-refractivity contribution is 7.99. The van der Waals surface area contributed by atoms with Gasteiger partial charge in [0.25, 0.3) is 5.89 Å². The molecule has 0 aliphatic heterocycles. The van der Waals surface area contributed by atoms with Crippen molar-refractivity contribution in [2.24, 2.45) is 7.05 Å². The quantitative estimate of drug-likeness (QED) is 0.503. The second kappa shape index (κ2) is 8.13. The molecule has 1 amide bonds. The molecule has 3 rings (SSSR count). The summed E-state index contributed by atoms with van der Waals surface area (Å²) in [5.74, 6) is 0.558. The third-order valence-electron chi connectivity index (χ3n) is 3.63. The average Bonchev–Trinajstić information content (AvgIpc) is 3.20. The molecule has 1 N–H and O–H groups in total. The average molecular weight is 375 g/mol. The molecule has 26 heavy (non-hydrogen) atoms. The molecule has 1 aromatic carbocycles. The van der Waals surface area contributed by atoms with Crippen molar-refractivity contribution in [2.75, 3.05) is 11.1 Å². The third-order valence-corrected chi connectivity index (χ3v) is 4.73. The molecular weight excluding hydrogens is 357 g/mol. The second-order valence-electron chi connectivity index (χ2n) is 5.66. The number of benzene rings is 1. The van der Waals surface area contributed by atoms with Crippen LogP contribution in [0.25, 0.3) is 11.6 Å². The lowest BCUT2D eigenvalue weighted by molar-refractivity contribution is -0.116. The number of hydrogen-bond acceptors (Lipinski definition) is 6. The van der Waals surface area contributed by atoms with E-state index in [1.54, 1.807) is 28.6 Å². The van der Waals surface area contributed by atoms with E-state index in [0.29, 0.717) is 18.5 Å². The van der Waals surface area contributed by atoms with Crippen molar-refractivity contribution in [2.45, 2.75) is 24.7 Å². The number of aromatic nitrogens is 4. The first-order chi connectivity index (χ1) is 12.5. The van der Waals surface area contributed by atoms with Gasteiger partial charge < -0.3 is 4.42 Å². The van der Waals surface area contributed by atoms with Crippen LogP contribution in [0.2, 0.25) is 0 Å². The first-order valence-electron chi connectivity index (χ1n) is 8.04. The normalized spacial score (nSPS) is 10.9. The number of halogens is 1. The molecule has 0 aliphatic rings. The minimum atomic E-state index is -0.256. The third kappa shape index (κ3) is 4.69. The highest BCUT2D eigenvalue weighted by atomic mass is 32.2. The number of carbonyl (C=O) groups is 1. The molecule has 0 unspecified atom stereocenters. The second-order valence-corrected chi connectivity index (χ2v) is 6.83. The topological polar surface area (TPSA) is 85.8 Å². The van der Waals surface area contributed by atoms with Crippen molar-refractivity contribution in [3.05, 3.63) is 41.8 Å². The van der Waals surface area contributed by atoms with Gasteiger partial charge in [0.15, 0.2) is 0 Å². The lowest BCUT2D eigenvalue weighted by atomic mass is 10.3. The van der Waals surface area contributed by atoms with E-state index in [0.717, 1.165) is 16.3 Å². The predicted octanol–water partition coefficient (Wildman–Crippen LogP) is 3.43. The van der Waals surface area contributed by atoms with E-state index in [9.17, 15) is 9.18 Å². The molecule has 9 heteroatoms. The van der Waals surface area contributed by atoms with Crippen LogP contribution in [0.5, 0.6) is 0 Å². The van der Waals surface area contributed by atoms with E-state index in [4.69, 9.17) is 4.42 Å². The number of rotatable bonds is 7. The maximum atomic E-state index is 12.8. The number of amides is 1. The lowest BCUT2D eigenvalue weighted by Crippen LogP contribution is -2.11. The zero-order chi connectivity index (χ0) is 18.5. The maximum absolute atomic E-state index is 12.8. The number of nitrogens with one attached hydrogen (secondary N) is 1. The summed E-state index contributed by atoms with van der Waals surface area (Å²) >= 11 is 1.57. The van der Waals surface area contributed by atoms with Gasteiger partial charge in [0.2, 0.25) is 5.91 Å². The Hall–Kier alpha value is -2.68. The molecular formula is C17H18FN5O2S. The van der Waals surface area contributed by atoms with Crippen molar-refractivity contribution in [1.29, 1.82) is 0 Å². The molecule has 2 heterocycles. The Morgan fingerprint density at radius 3 is 2.77 bits per heavy atom. The molecule has 0 radical (unpaired) electrons. The summed E-state index contributed by atoms with van der Waals surface area (Å²) in [6.45, 7) is 1.92. The van der Waals surface area contributed by atoms with E-state index in [1.165, 1.54) is 12.1 Å². The van der Waals surface area contributed by atoms with Gasteiger partial charge in [-0.25, -0.2) is 4.39 Å². The Morgan fingerprint density at radius 1 is 1.31 bits per heavy atom. The van der Waals surface area contributed by atoms with Crippen molar-refractivity contribution < 1.29 is 13.6 Å². The van der Waals surface area contributed by atoms with Crippen LogP contribution in [0.1, 0.15) is 18.5 Å². The lowest BCUT2D eigenvalue weighted by Gasteiger charge is -2.02. The molecule has 2 aromatic heterocycles. The van der Waals surface area contributed by atoms with Crippen LogP contribution < -0.4 is 5.32 Å². The van der Waals surface area contributed by atoms with Gasteiger partial charge in [0.05, 0.1) is 0 Å². The van der Waals surface area contributed by atoms with Crippen molar-refractivity contribution >= 4 is 23.7 Å². The SMILES string of the molecule is Cc1cc(-c2nnc(NC(=O)CCCSc3ccc(F)cc3)o2)nn1C. The highest BCUT2D eigenvalue weighted by Gasteiger charge is 2.14. The van der Waals surface area contributed by atoms with Crippen molar-refractivity contribution in [1.82, 2.24) is 20.0 Å². The predicted molar refractivity (Wildman–Crippen MR) is 96.2 cm³/mol. The summed E-state index contributed by atoms with van der Waals surface area (Å²) in [5, 5.41) is 14.5. The van der Waals surface area contributed by atoms with Crippen LogP contribution in [-0.2, 0) is 11.8 Å². The van der Waals surface area contributed by atoms with Crippen LogP contribution >= 0.6 is 11.8 Å². The first-order valence-corrected chi connectivity index (χ1v) is 9.02. The summed E-state index contributed by atoms with van der Waals surface area (Å²) in [6.07, 6.45) is 1.00. The fourth-order valence-corrected chi connectivity index (χ4v) is 3.03. The number of aryl methyl sites for hydroxylation is 2. The molecule has 0 saturated carbocycles. The van der Waals surface area contributed by atoms with Crippen LogP contribution in [-0.4, -0.2) is 31.6 Å². The molecule has 0 fully saturated rings. The fraction of sp³-hybridized carbons (Fsp3) is 0.294. The number of thioether (sulfide) groups is 1. The first kappa shape index (κ1) is 18.1. The van der Waals surface area contributed by atoms with Gasteiger partial charge in [-0.3, -0.25) is 14.8 Å². The number of anilines is 1. The highest BCUT2D eigenvalue weighted by Crippen LogP contribution is 2.21. The zero-order valence-electron chi connectivity index (χ0n) is 14.4. The van der Waals surface area contributed by atoms with E-state index >= 15 is 0 Å².